The van der Waals surface area contributed by atoms with Crippen molar-refractivity contribution in [3.63, 3.8) is 0 Å². The molecule has 46 heavy (non-hydrogen) atoms. The summed E-state index contributed by atoms with van der Waals surface area (Å²) >= 11 is 0. The molecule has 1 rings (SSSR count). The van der Waals surface area contributed by atoms with Gasteiger partial charge in [-0.15, -0.1) is 0 Å². The van der Waals surface area contributed by atoms with Crippen LogP contribution < -0.4 is 0 Å². The van der Waals surface area contributed by atoms with Crippen LogP contribution in [0.5, 0.6) is 0 Å². The highest BCUT2D eigenvalue weighted by atomic mass is 16.7. The summed E-state index contributed by atoms with van der Waals surface area (Å²) in [7, 11) is 3.97. The quantitative estimate of drug-likeness (QED) is 0.0550. The summed E-state index contributed by atoms with van der Waals surface area (Å²) in [6, 6.07) is 0. The third-order valence-electron chi connectivity index (χ3n) is 8.92. The first kappa shape index (κ1) is 45.3. The SMILES string of the molecule is CCCCCCCCCCCCCCO.CCCCCCCCCCCCCCO[C@@H]1C[C@H](O)O[C@@H]1COC(=O)CCCN(C)C. The van der Waals surface area contributed by atoms with Crippen molar-refractivity contribution >= 4 is 5.97 Å². The zero-order valence-electron chi connectivity index (χ0n) is 31.1. The molecule has 0 aromatic rings. The van der Waals surface area contributed by atoms with E-state index in [9.17, 15) is 9.90 Å². The van der Waals surface area contributed by atoms with Crippen LogP contribution in [0.15, 0.2) is 0 Å². The lowest BCUT2D eigenvalue weighted by atomic mass is 10.1. The predicted molar refractivity (Wildman–Crippen MR) is 193 cm³/mol. The van der Waals surface area contributed by atoms with Crippen LogP contribution in [0.4, 0.5) is 0 Å². The fourth-order valence-corrected chi connectivity index (χ4v) is 5.93. The minimum absolute atomic E-state index is 0.154. The van der Waals surface area contributed by atoms with Gasteiger partial charge in [-0.1, -0.05) is 155 Å². The van der Waals surface area contributed by atoms with Gasteiger partial charge >= 0.3 is 5.97 Å². The van der Waals surface area contributed by atoms with E-state index in [1.54, 1.807) is 0 Å². The van der Waals surface area contributed by atoms with Crippen molar-refractivity contribution in [2.45, 2.75) is 206 Å². The number of aliphatic hydroxyl groups is 2. The number of carbonyl (C=O) groups excluding carboxylic acids is 1. The Balaban J connectivity index is 0.00000113. The van der Waals surface area contributed by atoms with Gasteiger partial charge in [0.15, 0.2) is 6.29 Å². The molecule has 7 heteroatoms. The van der Waals surface area contributed by atoms with Gasteiger partial charge in [0.05, 0.1) is 6.10 Å². The monoisotopic (exact) mass is 658 g/mol. The van der Waals surface area contributed by atoms with Crippen molar-refractivity contribution in [1.82, 2.24) is 4.90 Å². The van der Waals surface area contributed by atoms with E-state index in [-0.39, 0.29) is 24.8 Å². The molecule has 2 N–H and O–H groups in total. The average molecular weight is 658 g/mol. The molecule has 1 saturated heterocycles. The van der Waals surface area contributed by atoms with Crippen LogP contribution in [-0.2, 0) is 19.0 Å². The number of carbonyl (C=O) groups is 1. The molecule has 0 radical (unpaired) electrons. The van der Waals surface area contributed by atoms with Crippen LogP contribution in [0.1, 0.15) is 187 Å². The molecule has 1 aliphatic rings. The number of nitrogens with zero attached hydrogens (tertiary/aromatic N) is 1. The van der Waals surface area contributed by atoms with Gasteiger partial charge in [0.1, 0.15) is 12.7 Å². The lowest BCUT2D eigenvalue weighted by Crippen LogP contribution is -2.30. The normalized spacial score (nSPS) is 17.8. The van der Waals surface area contributed by atoms with Crippen LogP contribution in [0, 0.1) is 0 Å². The number of aliphatic hydroxyl groups excluding tert-OH is 2. The summed E-state index contributed by atoms with van der Waals surface area (Å²) < 4.78 is 16.7. The maximum absolute atomic E-state index is 11.9. The Morgan fingerprint density at radius 1 is 0.674 bits per heavy atom. The second kappa shape index (κ2) is 35.6. The number of rotatable bonds is 32. The molecule has 1 fully saturated rings. The zero-order valence-corrected chi connectivity index (χ0v) is 31.1. The van der Waals surface area contributed by atoms with Crippen molar-refractivity contribution in [3.8, 4) is 0 Å². The summed E-state index contributed by atoms with van der Waals surface area (Å²) in [5.41, 5.74) is 0. The molecule has 3 atom stereocenters. The van der Waals surface area contributed by atoms with Gasteiger partial charge in [-0.2, -0.15) is 0 Å². The molecule has 1 aliphatic heterocycles. The lowest BCUT2D eigenvalue weighted by molar-refractivity contribution is -0.156. The van der Waals surface area contributed by atoms with Crippen molar-refractivity contribution in [3.05, 3.63) is 0 Å². The predicted octanol–water partition coefficient (Wildman–Crippen LogP) is 9.74. The smallest absolute Gasteiger partial charge is 0.305 e. The molecule has 0 saturated carbocycles. The molecule has 0 unspecified atom stereocenters. The van der Waals surface area contributed by atoms with E-state index in [1.807, 2.05) is 19.0 Å². The molecular weight excluding hydrogens is 578 g/mol. The Morgan fingerprint density at radius 2 is 1.11 bits per heavy atom. The number of esters is 1. The molecule has 0 aromatic heterocycles. The van der Waals surface area contributed by atoms with E-state index in [2.05, 4.69) is 13.8 Å². The summed E-state index contributed by atoms with van der Waals surface area (Å²) in [4.78, 5) is 13.9. The molecular formula is C39H79NO6. The Bertz CT molecular complexity index is 607. The standard InChI is InChI=1S/C25H49NO5.C14H30O/c1-4-5-6-7-8-9-10-11-12-13-14-15-19-29-22-20-25(28)31-23(22)21-30-24(27)17-16-18-26(2)3;1-2-3-4-5-6-7-8-9-10-11-12-13-14-15/h22-23,25,28H,4-21H2,1-3H3;15H,2-14H2,1H3/t22-,23-,25-;/m1./s1. The third kappa shape index (κ3) is 31.8. The molecule has 0 amide bonds. The molecule has 0 aliphatic carbocycles. The Labute approximate surface area is 285 Å². The van der Waals surface area contributed by atoms with Crippen molar-refractivity contribution in [1.29, 1.82) is 0 Å². The van der Waals surface area contributed by atoms with Crippen LogP contribution in [-0.4, -0.2) is 80.0 Å². The van der Waals surface area contributed by atoms with Crippen molar-refractivity contribution in [2.75, 3.05) is 40.5 Å². The lowest BCUT2D eigenvalue weighted by Gasteiger charge is -2.19. The molecule has 0 spiro atoms. The van der Waals surface area contributed by atoms with Gasteiger partial charge in [-0.3, -0.25) is 4.79 Å². The third-order valence-corrected chi connectivity index (χ3v) is 8.92. The van der Waals surface area contributed by atoms with Gasteiger partial charge < -0.3 is 29.3 Å². The number of hydrogen-bond donors (Lipinski definition) is 2. The second-order valence-electron chi connectivity index (χ2n) is 13.9. The fraction of sp³-hybridized carbons (Fsp3) is 0.974. The molecule has 1 heterocycles. The molecule has 0 bridgehead atoms. The van der Waals surface area contributed by atoms with E-state index in [1.165, 1.54) is 141 Å². The van der Waals surface area contributed by atoms with E-state index < -0.39 is 6.29 Å². The van der Waals surface area contributed by atoms with Crippen molar-refractivity contribution < 1.29 is 29.2 Å². The van der Waals surface area contributed by atoms with Gasteiger partial charge in [-0.05, 0) is 39.9 Å². The molecule has 7 nitrogen and oxygen atoms in total. The van der Waals surface area contributed by atoms with E-state index in [0.717, 1.165) is 25.8 Å². The van der Waals surface area contributed by atoms with Crippen LogP contribution in [0.25, 0.3) is 0 Å². The Kier molecular flexibility index (Phi) is 35.0. The number of unbranched alkanes of at least 4 members (excludes halogenated alkanes) is 22. The summed E-state index contributed by atoms with van der Waals surface area (Å²) in [5.74, 6) is -0.216. The number of hydrogen-bond acceptors (Lipinski definition) is 7. The van der Waals surface area contributed by atoms with Gasteiger partial charge in [0, 0.05) is 26.1 Å². The van der Waals surface area contributed by atoms with Crippen LogP contribution >= 0.6 is 0 Å². The zero-order chi connectivity index (χ0) is 33.9. The van der Waals surface area contributed by atoms with E-state index >= 15 is 0 Å². The molecule has 276 valence electrons. The second-order valence-corrected chi connectivity index (χ2v) is 13.9. The highest BCUT2D eigenvalue weighted by Gasteiger charge is 2.35. The first-order valence-corrected chi connectivity index (χ1v) is 19.8. The molecule has 0 aromatic carbocycles. The highest BCUT2D eigenvalue weighted by Crippen LogP contribution is 2.23. The fourth-order valence-electron chi connectivity index (χ4n) is 5.93. The van der Waals surface area contributed by atoms with Crippen molar-refractivity contribution in [2.24, 2.45) is 0 Å². The maximum Gasteiger partial charge on any atom is 0.305 e. The highest BCUT2D eigenvalue weighted by molar-refractivity contribution is 5.69. The topological polar surface area (TPSA) is 88.5 Å². The minimum atomic E-state index is -0.829. The summed E-state index contributed by atoms with van der Waals surface area (Å²) in [6.07, 6.45) is 32.3. The summed E-state index contributed by atoms with van der Waals surface area (Å²) in [5, 5.41) is 18.4. The van der Waals surface area contributed by atoms with Gasteiger partial charge in [0.2, 0.25) is 0 Å². The first-order valence-electron chi connectivity index (χ1n) is 19.8. The Hall–Kier alpha value is -0.730. The minimum Gasteiger partial charge on any atom is -0.463 e. The maximum atomic E-state index is 11.9. The average Bonchev–Trinajstić information content (AvgIpc) is 3.40. The first-order chi connectivity index (χ1) is 22.4. The van der Waals surface area contributed by atoms with Gasteiger partial charge in [0.25, 0.3) is 0 Å². The van der Waals surface area contributed by atoms with Crippen LogP contribution in [0.3, 0.4) is 0 Å². The van der Waals surface area contributed by atoms with Crippen LogP contribution in [0.2, 0.25) is 0 Å². The summed E-state index contributed by atoms with van der Waals surface area (Å²) in [6.45, 7) is 6.59. The van der Waals surface area contributed by atoms with Gasteiger partial charge in [-0.25, -0.2) is 0 Å². The number of ether oxygens (including phenoxy) is 3. The van der Waals surface area contributed by atoms with E-state index in [0.29, 0.717) is 26.1 Å². The Morgan fingerprint density at radius 3 is 1.54 bits per heavy atom. The van der Waals surface area contributed by atoms with E-state index in [4.69, 9.17) is 19.3 Å². The largest absolute Gasteiger partial charge is 0.463 e.